The second kappa shape index (κ2) is 6.00. The number of thioether (sulfide) groups is 1. The third kappa shape index (κ3) is 3.74. The molecule has 3 nitrogen and oxygen atoms in total. The van der Waals surface area contributed by atoms with Crippen molar-refractivity contribution in [2.24, 2.45) is 5.73 Å². The van der Waals surface area contributed by atoms with Gasteiger partial charge in [-0.2, -0.15) is 0 Å². The summed E-state index contributed by atoms with van der Waals surface area (Å²) in [6, 6.07) is 5.91. The molecule has 0 saturated heterocycles. The van der Waals surface area contributed by atoms with E-state index in [-0.39, 0.29) is 0 Å². The first kappa shape index (κ1) is 12.4. The minimum Gasteiger partial charge on any atom is -0.497 e. The molecule has 0 saturated carbocycles. The first-order chi connectivity index (χ1) is 7.17. The van der Waals surface area contributed by atoms with Gasteiger partial charge in [-0.15, -0.1) is 11.8 Å². The van der Waals surface area contributed by atoms with E-state index in [0.29, 0.717) is 12.3 Å². The van der Waals surface area contributed by atoms with Crippen LogP contribution in [0.3, 0.4) is 0 Å². The van der Waals surface area contributed by atoms with Crippen molar-refractivity contribution in [1.82, 2.24) is 0 Å². The lowest BCUT2D eigenvalue weighted by atomic mass is 10.2. The van der Waals surface area contributed by atoms with Crippen molar-refractivity contribution < 1.29 is 9.84 Å². The van der Waals surface area contributed by atoms with Crippen LogP contribution in [0.15, 0.2) is 23.1 Å². The van der Waals surface area contributed by atoms with Crippen LogP contribution in [0.2, 0.25) is 0 Å². The van der Waals surface area contributed by atoms with Crippen molar-refractivity contribution in [2.45, 2.75) is 17.9 Å². The van der Waals surface area contributed by atoms with Gasteiger partial charge < -0.3 is 15.6 Å². The van der Waals surface area contributed by atoms with E-state index >= 15 is 0 Å². The highest BCUT2D eigenvalue weighted by atomic mass is 32.2. The smallest absolute Gasteiger partial charge is 0.119 e. The fourth-order valence-electron chi connectivity index (χ4n) is 1.16. The van der Waals surface area contributed by atoms with E-state index in [2.05, 4.69) is 0 Å². The molecule has 1 aromatic rings. The molecule has 0 radical (unpaired) electrons. The van der Waals surface area contributed by atoms with Gasteiger partial charge in [-0.25, -0.2) is 0 Å². The Hall–Kier alpha value is -0.710. The largest absolute Gasteiger partial charge is 0.497 e. The van der Waals surface area contributed by atoms with Gasteiger partial charge in [0.2, 0.25) is 0 Å². The van der Waals surface area contributed by atoms with Crippen molar-refractivity contribution in [1.29, 1.82) is 0 Å². The summed E-state index contributed by atoms with van der Waals surface area (Å²) in [6.07, 6.45) is -0.434. The molecule has 0 bridgehead atoms. The maximum absolute atomic E-state index is 9.34. The Morgan fingerprint density at radius 2 is 2.27 bits per heavy atom. The van der Waals surface area contributed by atoms with Crippen LogP contribution in [0.5, 0.6) is 5.75 Å². The summed E-state index contributed by atoms with van der Waals surface area (Å²) in [5, 5.41) is 9.34. The maximum atomic E-state index is 9.34. The summed E-state index contributed by atoms with van der Waals surface area (Å²) < 4.78 is 5.12. The predicted molar refractivity (Wildman–Crippen MR) is 63.5 cm³/mol. The molecule has 1 rings (SSSR count). The molecule has 0 heterocycles. The average Bonchev–Trinajstić information content (AvgIpc) is 2.26. The van der Waals surface area contributed by atoms with Crippen LogP contribution in [-0.2, 0) is 0 Å². The molecule has 1 unspecified atom stereocenters. The first-order valence-corrected chi connectivity index (χ1v) is 5.81. The number of aliphatic hydroxyl groups excluding tert-OH is 1. The third-order valence-electron chi connectivity index (χ3n) is 2.09. The summed E-state index contributed by atoms with van der Waals surface area (Å²) in [5.41, 5.74) is 6.49. The van der Waals surface area contributed by atoms with E-state index in [0.717, 1.165) is 16.2 Å². The lowest BCUT2D eigenvalue weighted by Crippen LogP contribution is -2.21. The number of aliphatic hydroxyl groups is 1. The molecule has 3 N–H and O–H groups in total. The van der Waals surface area contributed by atoms with Gasteiger partial charge in [-0.1, -0.05) is 0 Å². The molecule has 1 aromatic carbocycles. The Morgan fingerprint density at radius 1 is 1.53 bits per heavy atom. The minimum atomic E-state index is -0.434. The summed E-state index contributed by atoms with van der Waals surface area (Å²) in [4.78, 5) is 1.16. The number of nitrogens with two attached hydrogens (primary N) is 1. The van der Waals surface area contributed by atoms with E-state index in [1.165, 1.54) is 0 Å². The van der Waals surface area contributed by atoms with Crippen molar-refractivity contribution in [3.8, 4) is 5.75 Å². The Kier molecular flexibility index (Phi) is 4.94. The lowest BCUT2D eigenvalue weighted by Gasteiger charge is -2.10. The fourth-order valence-corrected chi connectivity index (χ4v) is 2.12. The molecule has 0 spiro atoms. The van der Waals surface area contributed by atoms with E-state index < -0.39 is 6.10 Å². The second-order valence-corrected chi connectivity index (χ2v) is 4.39. The fraction of sp³-hybridized carbons (Fsp3) is 0.455. The number of aryl methyl sites for hydroxylation is 1. The first-order valence-electron chi connectivity index (χ1n) is 4.83. The normalized spacial score (nSPS) is 12.5. The molecular weight excluding hydrogens is 210 g/mol. The van der Waals surface area contributed by atoms with Gasteiger partial charge in [0.25, 0.3) is 0 Å². The number of hydrogen-bond donors (Lipinski definition) is 2. The molecule has 15 heavy (non-hydrogen) atoms. The molecular formula is C11H17NO2S. The van der Waals surface area contributed by atoms with Crippen LogP contribution in [-0.4, -0.2) is 30.6 Å². The predicted octanol–water partition coefficient (Wildman–Crippen LogP) is 1.42. The summed E-state index contributed by atoms with van der Waals surface area (Å²) in [5.74, 6) is 1.49. The number of methoxy groups -OCH3 is 1. The number of hydrogen-bond acceptors (Lipinski definition) is 4. The molecule has 0 amide bonds. The summed E-state index contributed by atoms with van der Waals surface area (Å²) in [7, 11) is 1.65. The quantitative estimate of drug-likeness (QED) is 0.747. The van der Waals surface area contributed by atoms with Gasteiger partial charge in [0, 0.05) is 17.2 Å². The number of rotatable bonds is 5. The number of ether oxygens (including phenoxy) is 1. The highest BCUT2D eigenvalue weighted by Gasteiger charge is 2.05. The Labute approximate surface area is 94.6 Å². The molecule has 0 aliphatic heterocycles. The van der Waals surface area contributed by atoms with Gasteiger partial charge in [0.05, 0.1) is 13.2 Å². The molecule has 0 aliphatic rings. The van der Waals surface area contributed by atoms with Gasteiger partial charge >= 0.3 is 0 Å². The highest BCUT2D eigenvalue weighted by Crippen LogP contribution is 2.26. The van der Waals surface area contributed by atoms with Crippen LogP contribution in [0.25, 0.3) is 0 Å². The molecule has 1 atom stereocenters. The summed E-state index contributed by atoms with van der Waals surface area (Å²) in [6.45, 7) is 2.34. The van der Waals surface area contributed by atoms with E-state index in [9.17, 15) is 5.11 Å². The van der Waals surface area contributed by atoms with Crippen molar-refractivity contribution in [2.75, 3.05) is 19.4 Å². The minimum absolute atomic E-state index is 0.308. The van der Waals surface area contributed by atoms with Crippen LogP contribution < -0.4 is 10.5 Å². The third-order valence-corrected chi connectivity index (χ3v) is 3.41. The van der Waals surface area contributed by atoms with Crippen molar-refractivity contribution in [3.05, 3.63) is 23.8 Å². The Bertz CT molecular complexity index is 317. The zero-order valence-electron chi connectivity index (χ0n) is 9.06. The summed E-state index contributed by atoms with van der Waals surface area (Å²) >= 11 is 1.61. The van der Waals surface area contributed by atoms with Crippen LogP contribution >= 0.6 is 11.8 Å². The standard InChI is InChI=1S/C11H17NO2S/c1-8-5-10(14-2)3-4-11(8)15-7-9(13)6-12/h3-5,9,13H,6-7,12H2,1-2H3. The van der Waals surface area contributed by atoms with Gasteiger partial charge in [-0.3, -0.25) is 0 Å². The monoisotopic (exact) mass is 227 g/mol. The van der Waals surface area contributed by atoms with Crippen LogP contribution in [0.1, 0.15) is 5.56 Å². The maximum Gasteiger partial charge on any atom is 0.119 e. The Balaban J connectivity index is 2.62. The molecule has 0 aromatic heterocycles. The zero-order valence-corrected chi connectivity index (χ0v) is 9.88. The molecule has 4 heteroatoms. The lowest BCUT2D eigenvalue weighted by molar-refractivity contribution is 0.208. The van der Waals surface area contributed by atoms with Gasteiger partial charge in [0.15, 0.2) is 0 Å². The SMILES string of the molecule is COc1ccc(SCC(O)CN)c(C)c1. The van der Waals surface area contributed by atoms with Gasteiger partial charge in [-0.05, 0) is 30.7 Å². The van der Waals surface area contributed by atoms with Crippen molar-refractivity contribution >= 4 is 11.8 Å². The second-order valence-electron chi connectivity index (χ2n) is 3.33. The van der Waals surface area contributed by atoms with Crippen LogP contribution in [0, 0.1) is 6.92 Å². The van der Waals surface area contributed by atoms with E-state index in [4.69, 9.17) is 10.5 Å². The topological polar surface area (TPSA) is 55.5 Å². The van der Waals surface area contributed by atoms with Crippen LogP contribution in [0.4, 0.5) is 0 Å². The average molecular weight is 227 g/mol. The van der Waals surface area contributed by atoms with E-state index in [1.54, 1.807) is 18.9 Å². The Morgan fingerprint density at radius 3 is 2.80 bits per heavy atom. The molecule has 84 valence electrons. The van der Waals surface area contributed by atoms with Crippen molar-refractivity contribution in [3.63, 3.8) is 0 Å². The van der Waals surface area contributed by atoms with E-state index in [1.807, 2.05) is 25.1 Å². The highest BCUT2D eigenvalue weighted by molar-refractivity contribution is 7.99. The number of benzene rings is 1. The molecule has 0 fully saturated rings. The van der Waals surface area contributed by atoms with Gasteiger partial charge in [0.1, 0.15) is 5.75 Å². The zero-order chi connectivity index (χ0) is 11.3. The molecule has 0 aliphatic carbocycles.